The summed E-state index contributed by atoms with van der Waals surface area (Å²) in [4.78, 5) is 16.7. The third-order valence-electron chi connectivity index (χ3n) is 5.54. The predicted octanol–water partition coefficient (Wildman–Crippen LogP) is 1.09. The van der Waals surface area contributed by atoms with Gasteiger partial charge in [-0.2, -0.15) is 0 Å². The molecule has 0 aromatic heterocycles. The van der Waals surface area contributed by atoms with E-state index in [-0.39, 0.29) is 0 Å². The number of amides is 1. The highest BCUT2D eigenvalue weighted by Gasteiger charge is 2.35. The van der Waals surface area contributed by atoms with Crippen molar-refractivity contribution in [3.8, 4) is 0 Å². The number of likely N-dealkylation sites (tertiary alicyclic amines) is 2. The lowest BCUT2D eigenvalue weighted by molar-refractivity contribution is -0.139. The smallest absolute Gasteiger partial charge is 0.225 e. The van der Waals surface area contributed by atoms with E-state index in [9.17, 15) is 4.79 Å². The zero-order chi connectivity index (χ0) is 15.5. The minimum atomic E-state index is 0.310. The molecule has 0 spiro atoms. The van der Waals surface area contributed by atoms with Crippen LogP contribution in [0.1, 0.15) is 39.0 Å². The van der Waals surface area contributed by atoms with Gasteiger partial charge in [0.25, 0.3) is 0 Å². The van der Waals surface area contributed by atoms with Crippen LogP contribution in [-0.2, 0) is 9.53 Å². The Hall–Kier alpha value is -0.650. The maximum atomic E-state index is 12.3. The molecule has 1 N–H and O–H groups in total. The van der Waals surface area contributed by atoms with Crippen molar-refractivity contribution < 1.29 is 9.53 Å². The monoisotopic (exact) mass is 309 g/mol. The van der Waals surface area contributed by atoms with Crippen LogP contribution in [-0.4, -0.2) is 73.7 Å². The first kappa shape index (κ1) is 16.2. The Morgan fingerprint density at radius 3 is 2.50 bits per heavy atom. The van der Waals surface area contributed by atoms with Crippen molar-refractivity contribution >= 4 is 5.91 Å². The van der Waals surface area contributed by atoms with E-state index in [0.29, 0.717) is 30.0 Å². The number of hydrogen-bond donors (Lipinski definition) is 1. The number of nitrogens with one attached hydrogen (secondary N) is 1. The Balaban J connectivity index is 1.44. The molecule has 2 heterocycles. The third kappa shape index (κ3) is 3.63. The zero-order valence-corrected chi connectivity index (χ0v) is 14.1. The summed E-state index contributed by atoms with van der Waals surface area (Å²) in [5.74, 6) is 0.757. The lowest BCUT2D eigenvalue weighted by Gasteiger charge is -2.38. The van der Waals surface area contributed by atoms with Crippen LogP contribution in [0.3, 0.4) is 0 Å². The number of carbonyl (C=O) groups is 1. The first-order valence-electron chi connectivity index (χ1n) is 9.02. The molecule has 5 nitrogen and oxygen atoms in total. The third-order valence-corrected chi connectivity index (χ3v) is 5.54. The van der Waals surface area contributed by atoms with Crippen molar-refractivity contribution in [3.05, 3.63) is 0 Å². The molecule has 2 atom stereocenters. The quantitative estimate of drug-likeness (QED) is 0.826. The van der Waals surface area contributed by atoms with E-state index >= 15 is 0 Å². The van der Waals surface area contributed by atoms with Crippen LogP contribution in [0.4, 0.5) is 0 Å². The number of ether oxygens (including phenoxy) is 1. The van der Waals surface area contributed by atoms with Crippen molar-refractivity contribution in [1.29, 1.82) is 0 Å². The molecular weight excluding hydrogens is 278 g/mol. The summed E-state index contributed by atoms with van der Waals surface area (Å²) in [6, 6.07) is 0.966. The lowest BCUT2D eigenvalue weighted by Crippen LogP contribution is -2.52. The summed E-state index contributed by atoms with van der Waals surface area (Å²) in [5, 5.41) is 3.80. The van der Waals surface area contributed by atoms with Crippen LogP contribution < -0.4 is 5.32 Å². The molecule has 0 radical (unpaired) electrons. The summed E-state index contributed by atoms with van der Waals surface area (Å²) in [6.07, 6.45) is 5.94. The number of carbonyl (C=O) groups excluding carboxylic acids is 1. The molecule has 0 bridgehead atoms. The Kier molecular flexibility index (Phi) is 5.37. The number of rotatable bonds is 5. The zero-order valence-electron chi connectivity index (χ0n) is 14.1. The minimum absolute atomic E-state index is 0.310. The highest BCUT2D eigenvalue weighted by Crippen LogP contribution is 2.29. The summed E-state index contributed by atoms with van der Waals surface area (Å²) >= 11 is 0. The minimum Gasteiger partial charge on any atom is -0.375 e. The first-order valence-corrected chi connectivity index (χ1v) is 9.02. The summed E-state index contributed by atoms with van der Waals surface area (Å²) in [7, 11) is 2.16. The van der Waals surface area contributed by atoms with Gasteiger partial charge in [-0.15, -0.1) is 0 Å². The Morgan fingerprint density at radius 1 is 1.18 bits per heavy atom. The maximum absolute atomic E-state index is 12.3. The van der Waals surface area contributed by atoms with E-state index < -0.39 is 0 Å². The fraction of sp³-hybridized carbons (Fsp3) is 0.941. The number of nitrogens with zero attached hydrogens (tertiary/aromatic N) is 2. The first-order chi connectivity index (χ1) is 10.7. The van der Waals surface area contributed by atoms with E-state index in [0.717, 1.165) is 58.5 Å². The lowest BCUT2D eigenvalue weighted by atomic mass is 9.84. The van der Waals surface area contributed by atoms with Gasteiger partial charge in [-0.25, -0.2) is 0 Å². The van der Waals surface area contributed by atoms with Gasteiger partial charge < -0.3 is 19.9 Å². The van der Waals surface area contributed by atoms with Gasteiger partial charge in [0, 0.05) is 50.8 Å². The van der Waals surface area contributed by atoms with Gasteiger partial charge in [-0.3, -0.25) is 4.79 Å². The van der Waals surface area contributed by atoms with E-state index in [1.807, 2.05) is 0 Å². The SMILES string of the molecule is CCO[C@H]1CN(C)C[C@@H]1NC1CCN(C(=O)C2CCC2)CC1. The van der Waals surface area contributed by atoms with Crippen molar-refractivity contribution in [2.75, 3.05) is 39.8 Å². The standard InChI is InChI=1S/C17H31N3O2/c1-3-22-16-12-19(2)11-15(16)18-14-7-9-20(10-8-14)17(21)13-5-4-6-13/h13-16,18H,3-12H2,1-2H3/t15-,16-/m0/s1. The van der Waals surface area contributed by atoms with Crippen LogP contribution in [0.5, 0.6) is 0 Å². The van der Waals surface area contributed by atoms with Crippen LogP contribution in [0.2, 0.25) is 0 Å². The van der Waals surface area contributed by atoms with E-state index in [1.54, 1.807) is 0 Å². The Morgan fingerprint density at radius 2 is 1.91 bits per heavy atom. The number of likely N-dealkylation sites (N-methyl/N-ethyl adjacent to an activating group) is 1. The fourth-order valence-corrected chi connectivity index (χ4v) is 3.99. The molecule has 22 heavy (non-hydrogen) atoms. The molecule has 3 aliphatic rings. The molecule has 1 aliphatic carbocycles. The van der Waals surface area contributed by atoms with Crippen molar-refractivity contribution in [2.24, 2.45) is 5.92 Å². The molecule has 3 fully saturated rings. The summed E-state index contributed by atoms with van der Waals surface area (Å²) in [6.45, 7) is 6.78. The van der Waals surface area contributed by atoms with Crippen LogP contribution in [0.15, 0.2) is 0 Å². The molecule has 0 aromatic carbocycles. The molecule has 0 aromatic rings. The number of piperidine rings is 1. The summed E-state index contributed by atoms with van der Waals surface area (Å²) in [5.41, 5.74) is 0. The van der Waals surface area contributed by atoms with Gasteiger partial charge in [0.1, 0.15) is 0 Å². The van der Waals surface area contributed by atoms with Gasteiger partial charge in [0.15, 0.2) is 0 Å². The molecule has 1 saturated carbocycles. The topological polar surface area (TPSA) is 44.8 Å². The fourth-order valence-electron chi connectivity index (χ4n) is 3.99. The normalized spacial score (nSPS) is 31.5. The molecule has 5 heteroatoms. The van der Waals surface area contributed by atoms with E-state index in [4.69, 9.17) is 4.74 Å². The van der Waals surface area contributed by atoms with E-state index in [2.05, 4.69) is 29.1 Å². The van der Waals surface area contributed by atoms with Crippen molar-refractivity contribution in [1.82, 2.24) is 15.1 Å². The van der Waals surface area contributed by atoms with Gasteiger partial charge in [-0.1, -0.05) is 6.42 Å². The van der Waals surface area contributed by atoms with Gasteiger partial charge >= 0.3 is 0 Å². The van der Waals surface area contributed by atoms with Gasteiger partial charge in [-0.05, 0) is 39.7 Å². The number of hydrogen-bond acceptors (Lipinski definition) is 4. The molecular formula is C17H31N3O2. The van der Waals surface area contributed by atoms with Crippen molar-refractivity contribution in [2.45, 2.75) is 57.2 Å². The Bertz CT molecular complexity index is 378. The maximum Gasteiger partial charge on any atom is 0.225 e. The second-order valence-electron chi connectivity index (χ2n) is 7.22. The average Bonchev–Trinajstić information content (AvgIpc) is 2.78. The molecule has 0 unspecified atom stereocenters. The molecule has 2 saturated heterocycles. The molecule has 1 amide bonds. The van der Waals surface area contributed by atoms with Crippen molar-refractivity contribution in [3.63, 3.8) is 0 Å². The Labute approximate surface area is 134 Å². The molecule has 3 rings (SSSR count). The van der Waals surface area contributed by atoms with Gasteiger partial charge in [0.05, 0.1) is 6.10 Å². The molecule has 126 valence electrons. The average molecular weight is 309 g/mol. The predicted molar refractivity (Wildman–Crippen MR) is 86.8 cm³/mol. The second kappa shape index (κ2) is 7.28. The largest absolute Gasteiger partial charge is 0.375 e. The van der Waals surface area contributed by atoms with E-state index in [1.165, 1.54) is 6.42 Å². The van der Waals surface area contributed by atoms with Crippen LogP contribution >= 0.6 is 0 Å². The summed E-state index contributed by atoms with van der Waals surface area (Å²) < 4.78 is 5.87. The molecule has 2 aliphatic heterocycles. The van der Waals surface area contributed by atoms with Gasteiger partial charge in [0.2, 0.25) is 5.91 Å². The van der Waals surface area contributed by atoms with Crippen LogP contribution in [0.25, 0.3) is 0 Å². The second-order valence-corrected chi connectivity index (χ2v) is 7.22. The highest BCUT2D eigenvalue weighted by atomic mass is 16.5. The van der Waals surface area contributed by atoms with Crippen LogP contribution in [0, 0.1) is 5.92 Å². The highest BCUT2D eigenvalue weighted by molar-refractivity contribution is 5.79.